The molecule has 1 aliphatic rings. The number of aryl methyl sites for hydroxylation is 3. The van der Waals surface area contributed by atoms with Crippen molar-refractivity contribution in [1.29, 1.82) is 0 Å². The first kappa shape index (κ1) is 18.9. The highest BCUT2D eigenvalue weighted by molar-refractivity contribution is 7.21. The molecule has 0 fully saturated rings. The molecule has 0 aliphatic heterocycles. The van der Waals surface area contributed by atoms with Crippen molar-refractivity contribution in [2.45, 2.75) is 40.0 Å². The van der Waals surface area contributed by atoms with E-state index in [-0.39, 0.29) is 5.91 Å². The van der Waals surface area contributed by atoms with Crippen LogP contribution < -0.4 is 11.1 Å². The van der Waals surface area contributed by atoms with E-state index in [2.05, 4.69) is 10.3 Å². The normalized spacial score (nSPS) is 13.0. The number of carbonyl (C=O) groups is 2. The molecule has 3 aromatic heterocycles. The minimum absolute atomic E-state index is 0.319. The molecule has 0 aromatic carbocycles. The molecule has 28 heavy (non-hydrogen) atoms. The zero-order valence-electron chi connectivity index (χ0n) is 16.2. The van der Waals surface area contributed by atoms with Gasteiger partial charge >= 0.3 is 5.97 Å². The van der Waals surface area contributed by atoms with Gasteiger partial charge in [0.25, 0.3) is 5.91 Å². The molecular formula is C20H21N3O3S2. The van der Waals surface area contributed by atoms with Crippen LogP contribution in [0.25, 0.3) is 10.2 Å². The maximum absolute atomic E-state index is 13.0. The molecule has 3 aromatic rings. The molecule has 0 saturated carbocycles. The highest BCUT2D eigenvalue weighted by atomic mass is 32.1. The molecule has 8 heteroatoms. The van der Waals surface area contributed by atoms with Gasteiger partial charge in [-0.25, -0.2) is 9.78 Å². The highest BCUT2D eigenvalue weighted by Gasteiger charge is 2.29. The van der Waals surface area contributed by atoms with Crippen molar-refractivity contribution in [3.63, 3.8) is 0 Å². The van der Waals surface area contributed by atoms with Crippen LogP contribution in [0.5, 0.6) is 0 Å². The summed E-state index contributed by atoms with van der Waals surface area (Å²) in [7, 11) is 1.36. The van der Waals surface area contributed by atoms with Gasteiger partial charge in [0, 0.05) is 16.0 Å². The van der Waals surface area contributed by atoms with Crippen LogP contribution >= 0.6 is 22.7 Å². The Labute approximate surface area is 170 Å². The Morgan fingerprint density at radius 3 is 2.61 bits per heavy atom. The fraction of sp³-hybridized carbons (Fsp3) is 0.350. The Hall–Kier alpha value is -2.45. The first-order valence-corrected chi connectivity index (χ1v) is 10.7. The van der Waals surface area contributed by atoms with Crippen molar-refractivity contribution in [2.75, 3.05) is 18.2 Å². The lowest BCUT2D eigenvalue weighted by molar-refractivity contribution is 0.0601. The lowest BCUT2D eigenvalue weighted by Gasteiger charge is -2.07. The second-order valence-corrected chi connectivity index (χ2v) is 9.08. The van der Waals surface area contributed by atoms with Gasteiger partial charge in [-0.15, -0.1) is 22.7 Å². The minimum atomic E-state index is -0.414. The number of aromatic nitrogens is 1. The van der Waals surface area contributed by atoms with Gasteiger partial charge in [-0.1, -0.05) is 0 Å². The number of esters is 1. The van der Waals surface area contributed by atoms with Crippen LogP contribution in [-0.2, 0) is 17.6 Å². The molecule has 4 rings (SSSR count). The Morgan fingerprint density at radius 1 is 1.14 bits per heavy atom. The number of rotatable bonds is 3. The molecule has 1 aliphatic carbocycles. The van der Waals surface area contributed by atoms with Crippen molar-refractivity contribution in [3.8, 4) is 0 Å². The molecule has 3 N–H and O–H groups in total. The summed E-state index contributed by atoms with van der Waals surface area (Å²) in [5, 5.41) is 4.27. The van der Waals surface area contributed by atoms with E-state index in [0.29, 0.717) is 21.1 Å². The van der Waals surface area contributed by atoms with Crippen LogP contribution in [0.3, 0.4) is 0 Å². The number of thiophene rings is 2. The number of pyridine rings is 1. The molecule has 0 spiro atoms. The molecule has 0 radical (unpaired) electrons. The lowest BCUT2D eigenvalue weighted by atomic mass is 10.1. The SMILES string of the molecule is COC(=O)c1c(NC(=O)c2sc3nc(C)c(C)c(C)c3c2N)sc2c1CCC2. The number of nitrogen functional groups attached to an aromatic ring is 1. The van der Waals surface area contributed by atoms with Crippen molar-refractivity contribution in [3.05, 3.63) is 37.7 Å². The first-order chi connectivity index (χ1) is 13.3. The van der Waals surface area contributed by atoms with E-state index in [1.165, 1.54) is 29.8 Å². The number of ether oxygens (including phenoxy) is 1. The number of hydrogen-bond donors (Lipinski definition) is 2. The Morgan fingerprint density at radius 2 is 1.89 bits per heavy atom. The van der Waals surface area contributed by atoms with Crippen LogP contribution in [0.4, 0.5) is 10.7 Å². The van der Waals surface area contributed by atoms with E-state index in [9.17, 15) is 9.59 Å². The highest BCUT2D eigenvalue weighted by Crippen LogP contribution is 2.41. The Bertz CT molecular complexity index is 1140. The fourth-order valence-corrected chi connectivity index (χ4v) is 6.08. The smallest absolute Gasteiger partial charge is 0.341 e. The monoisotopic (exact) mass is 415 g/mol. The molecule has 146 valence electrons. The van der Waals surface area contributed by atoms with E-state index < -0.39 is 5.97 Å². The summed E-state index contributed by atoms with van der Waals surface area (Å²) in [6, 6.07) is 0. The first-order valence-electron chi connectivity index (χ1n) is 9.03. The number of fused-ring (bicyclic) bond motifs is 2. The summed E-state index contributed by atoms with van der Waals surface area (Å²) < 4.78 is 4.95. The fourth-order valence-electron chi connectivity index (χ4n) is 3.71. The van der Waals surface area contributed by atoms with Crippen LogP contribution in [-0.4, -0.2) is 24.0 Å². The largest absolute Gasteiger partial charge is 0.465 e. The quantitative estimate of drug-likeness (QED) is 0.619. The van der Waals surface area contributed by atoms with Gasteiger partial charge in [0.15, 0.2) is 0 Å². The van der Waals surface area contributed by atoms with Gasteiger partial charge in [0.1, 0.15) is 14.7 Å². The third-order valence-corrected chi connectivity index (χ3v) is 7.73. The van der Waals surface area contributed by atoms with Gasteiger partial charge in [-0.3, -0.25) is 4.79 Å². The molecule has 0 saturated heterocycles. The maximum Gasteiger partial charge on any atom is 0.341 e. The molecule has 0 atom stereocenters. The van der Waals surface area contributed by atoms with Crippen LogP contribution in [0.2, 0.25) is 0 Å². The number of nitrogens with zero attached hydrogens (tertiary/aromatic N) is 1. The van der Waals surface area contributed by atoms with Crippen LogP contribution in [0, 0.1) is 20.8 Å². The van der Waals surface area contributed by atoms with Crippen molar-refractivity contribution in [2.24, 2.45) is 0 Å². The number of hydrogen-bond acceptors (Lipinski definition) is 7. The van der Waals surface area contributed by atoms with E-state index in [4.69, 9.17) is 10.5 Å². The summed E-state index contributed by atoms with van der Waals surface area (Å²) in [6.07, 6.45) is 2.78. The number of amides is 1. The van der Waals surface area contributed by atoms with E-state index in [1.54, 1.807) is 0 Å². The number of carbonyl (C=O) groups excluding carboxylic acids is 2. The molecule has 1 amide bonds. The molecule has 3 heterocycles. The van der Waals surface area contributed by atoms with Gasteiger partial charge in [-0.2, -0.15) is 0 Å². The summed E-state index contributed by atoms with van der Waals surface area (Å²) in [6.45, 7) is 5.95. The van der Waals surface area contributed by atoms with E-state index >= 15 is 0 Å². The second-order valence-electron chi connectivity index (χ2n) is 6.98. The van der Waals surface area contributed by atoms with Gasteiger partial charge in [0.05, 0.1) is 18.4 Å². The average Bonchev–Trinajstić information content (AvgIpc) is 3.32. The van der Waals surface area contributed by atoms with Crippen LogP contribution in [0.1, 0.15) is 53.7 Å². The number of methoxy groups -OCH3 is 1. The number of nitrogens with one attached hydrogen (secondary N) is 1. The zero-order chi connectivity index (χ0) is 20.2. The number of anilines is 2. The van der Waals surface area contributed by atoms with Crippen molar-refractivity contribution in [1.82, 2.24) is 4.98 Å². The van der Waals surface area contributed by atoms with Crippen LogP contribution in [0.15, 0.2) is 0 Å². The third-order valence-electron chi connectivity index (χ3n) is 5.42. The van der Waals surface area contributed by atoms with Gasteiger partial charge < -0.3 is 15.8 Å². The number of nitrogens with two attached hydrogens (primary N) is 1. The standard InChI is InChI=1S/C20H21N3O3S2/c1-8-9(2)13-15(21)16(28-18(13)22-10(8)3)17(24)23-19-14(20(25)26-4)11-6-5-7-12(11)27-19/h5-7,21H2,1-4H3,(H,23,24). The zero-order valence-corrected chi connectivity index (χ0v) is 17.8. The Balaban J connectivity index is 1.75. The summed E-state index contributed by atoms with van der Waals surface area (Å²) in [4.78, 5) is 32.2. The molecule has 0 unspecified atom stereocenters. The Kier molecular flexibility index (Phi) is 4.63. The van der Waals surface area contributed by atoms with Gasteiger partial charge in [0.2, 0.25) is 0 Å². The lowest BCUT2D eigenvalue weighted by Crippen LogP contribution is -2.14. The van der Waals surface area contributed by atoms with Gasteiger partial charge in [-0.05, 0) is 56.7 Å². The summed E-state index contributed by atoms with van der Waals surface area (Å²) in [5.41, 5.74) is 11.3. The molecule has 6 nitrogen and oxygen atoms in total. The molecule has 0 bridgehead atoms. The van der Waals surface area contributed by atoms with Crippen molar-refractivity contribution >= 4 is 55.5 Å². The van der Waals surface area contributed by atoms with E-state index in [1.807, 2.05) is 20.8 Å². The topological polar surface area (TPSA) is 94.3 Å². The molecular weight excluding hydrogens is 394 g/mol. The second kappa shape index (κ2) is 6.86. The maximum atomic E-state index is 13.0. The summed E-state index contributed by atoms with van der Waals surface area (Å²) >= 11 is 2.73. The third kappa shape index (κ3) is 2.79. The predicted octanol–water partition coefficient (Wildman–Crippen LogP) is 4.39. The van der Waals surface area contributed by atoms with E-state index in [0.717, 1.165) is 56.7 Å². The average molecular weight is 416 g/mol. The predicted molar refractivity (Wildman–Crippen MR) is 114 cm³/mol. The minimum Gasteiger partial charge on any atom is -0.465 e. The summed E-state index contributed by atoms with van der Waals surface area (Å²) in [5.74, 6) is -0.733. The van der Waals surface area contributed by atoms with Crippen molar-refractivity contribution < 1.29 is 14.3 Å².